The van der Waals surface area contributed by atoms with Crippen LogP contribution in [0.15, 0.2) is 18.2 Å². The van der Waals surface area contributed by atoms with Crippen molar-refractivity contribution in [3.05, 3.63) is 28.8 Å². The maximum atomic E-state index is 12.3. The minimum atomic E-state index is -0.779. The van der Waals surface area contributed by atoms with Gasteiger partial charge in [-0.25, -0.2) is 0 Å². The molecule has 3 N–H and O–H groups in total. The second-order valence-electron chi connectivity index (χ2n) is 5.77. The molecule has 0 unspecified atom stereocenters. The lowest BCUT2D eigenvalue weighted by molar-refractivity contribution is 0.0246. The van der Waals surface area contributed by atoms with Crippen LogP contribution in [-0.2, 0) is 0 Å². The number of amides is 1. The van der Waals surface area contributed by atoms with E-state index in [1.807, 2.05) is 6.07 Å². The molecule has 2 rings (SSSR count). The number of hydrogen-bond donors (Lipinski definition) is 3. The highest BCUT2D eigenvalue weighted by Gasteiger charge is 2.28. The zero-order valence-electron chi connectivity index (χ0n) is 12.4. The van der Waals surface area contributed by atoms with Crippen LogP contribution >= 0.6 is 11.6 Å². The molecule has 0 aromatic heterocycles. The van der Waals surface area contributed by atoms with E-state index < -0.39 is 5.60 Å². The largest absolute Gasteiger partial charge is 0.388 e. The normalized spacial score (nSPS) is 17.9. The molecular formula is C16H23ClN2O2. The predicted molar refractivity (Wildman–Crippen MR) is 86.0 cm³/mol. The number of hydrogen-bond acceptors (Lipinski definition) is 3. The first-order chi connectivity index (χ1) is 10.0. The van der Waals surface area contributed by atoms with Gasteiger partial charge in [0.2, 0.25) is 0 Å². The standard InChI is InChI=1S/C16H23ClN2O2/c1-18-12-6-7-14(17)13(10-12)15(20)19-11-16(21)8-4-2-3-5-9-16/h6-7,10,18,21H,2-5,8-9,11H2,1H3,(H,19,20). The molecule has 1 aromatic carbocycles. The summed E-state index contributed by atoms with van der Waals surface area (Å²) in [5.74, 6) is -0.241. The molecule has 4 nitrogen and oxygen atoms in total. The number of carbonyl (C=O) groups excluding carboxylic acids is 1. The summed E-state index contributed by atoms with van der Waals surface area (Å²) in [6.45, 7) is 0.284. The third-order valence-electron chi connectivity index (χ3n) is 4.11. The number of halogens is 1. The smallest absolute Gasteiger partial charge is 0.252 e. The fraction of sp³-hybridized carbons (Fsp3) is 0.562. The Morgan fingerprint density at radius 3 is 2.57 bits per heavy atom. The van der Waals surface area contributed by atoms with Crippen LogP contribution in [0.25, 0.3) is 0 Å². The first-order valence-electron chi connectivity index (χ1n) is 7.52. The Bertz CT molecular complexity index is 497. The molecule has 116 valence electrons. The van der Waals surface area contributed by atoms with Crippen molar-refractivity contribution in [2.24, 2.45) is 0 Å². The molecule has 0 atom stereocenters. The summed E-state index contributed by atoms with van der Waals surface area (Å²) in [6.07, 6.45) is 5.85. The monoisotopic (exact) mass is 310 g/mol. The van der Waals surface area contributed by atoms with E-state index in [4.69, 9.17) is 11.6 Å². The van der Waals surface area contributed by atoms with Gasteiger partial charge in [0.15, 0.2) is 0 Å². The van der Waals surface area contributed by atoms with E-state index in [1.165, 1.54) is 0 Å². The van der Waals surface area contributed by atoms with Crippen LogP contribution in [0, 0.1) is 0 Å². The summed E-state index contributed by atoms with van der Waals surface area (Å²) >= 11 is 6.08. The average molecular weight is 311 g/mol. The summed E-state index contributed by atoms with van der Waals surface area (Å²) < 4.78 is 0. The van der Waals surface area contributed by atoms with Crippen LogP contribution in [0.2, 0.25) is 5.02 Å². The second-order valence-corrected chi connectivity index (χ2v) is 6.17. The third-order valence-corrected chi connectivity index (χ3v) is 4.44. The quantitative estimate of drug-likeness (QED) is 0.748. The van der Waals surface area contributed by atoms with Crippen molar-refractivity contribution in [1.82, 2.24) is 5.32 Å². The molecule has 0 bridgehead atoms. The van der Waals surface area contributed by atoms with E-state index in [1.54, 1.807) is 19.2 Å². The van der Waals surface area contributed by atoms with Gasteiger partial charge in [-0.05, 0) is 31.0 Å². The minimum Gasteiger partial charge on any atom is -0.388 e. The summed E-state index contributed by atoms with van der Waals surface area (Å²) in [5, 5.41) is 16.8. The molecule has 1 aliphatic carbocycles. The molecule has 0 heterocycles. The van der Waals surface area contributed by atoms with Crippen molar-refractivity contribution in [2.45, 2.75) is 44.1 Å². The Morgan fingerprint density at radius 2 is 1.95 bits per heavy atom. The van der Waals surface area contributed by atoms with E-state index >= 15 is 0 Å². The number of rotatable bonds is 4. The van der Waals surface area contributed by atoms with Crippen LogP contribution in [0.4, 0.5) is 5.69 Å². The van der Waals surface area contributed by atoms with Crippen molar-refractivity contribution >= 4 is 23.2 Å². The Kier molecular flexibility index (Phi) is 5.48. The van der Waals surface area contributed by atoms with Crippen molar-refractivity contribution in [2.75, 3.05) is 18.9 Å². The van der Waals surface area contributed by atoms with Gasteiger partial charge in [-0.1, -0.05) is 37.3 Å². The lowest BCUT2D eigenvalue weighted by Crippen LogP contribution is -2.42. The molecule has 0 spiro atoms. The maximum absolute atomic E-state index is 12.3. The molecule has 1 aliphatic rings. The van der Waals surface area contributed by atoms with Crippen LogP contribution in [0.3, 0.4) is 0 Å². The average Bonchev–Trinajstić information content (AvgIpc) is 2.71. The molecule has 0 saturated heterocycles. The second kappa shape index (κ2) is 7.14. The zero-order valence-corrected chi connectivity index (χ0v) is 13.2. The summed E-state index contributed by atoms with van der Waals surface area (Å²) in [7, 11) is 1.79. The first-order valence-corrected chi connectivity index (χ1v) is 7.90. The highest BCUT2D eigenvalue weighted by atomic mass is 35.5. The van der Waals surface area contributed by atoms with Gasteiger partial charge in [-0.2, -0.15) is 0 Å². The van der Waals surface area contributed by atoms with Gasteiger partial charge < -0.3 is 15.7 Å². The topological polar surface area (TPSA) is 61.4 Å². The van der Waals surface area contributed by atoms with Crippen molar-refractivity contribution in [1.29, 1.82) is 0 Å². The van der Waals surface area contributed by atoms with Crippen LogP contribution in [0.1, 0.15) is 48.9 Å². The van der Waals surface area contributed by atoms with Gasteiger partial charge in [0, 0.05) is 19.3 Å². The van der Waals surface area contributed by atoms with Gasteiger partial charge in [-0.15, -0.1) is 0 Å². The molecule has 0 radical (unpaired) electrons. The molecule has 1 saturated carbocycles. The Morgan fingerprint density at radius 1 is 1.29 bits per heavy atom. The first kappa shape index (κ1) is 16.1. The lowest BCUT2D eigenvalue weighted by atomic mass is 9.94. The Hall–Kier alpha value is -1.26. The molecule has 0 aliphatic heterocycles. The van der Waals surface area contributed by atoms with Crippen molar-refractivity contribution in [3.8, 4) is 0 Å². The molecule has 5 heteroatoms. The minimum absolute atomic E-state index is 0.241. The molecule has 1 amide bonds. The van der Waals surface area contributed by atoms with Gasteiger partial charge in [-0.3, -0.25) is 4.79 Å². The molecule has 1 fully saturated rings. The summed E-state index contributed by atoms with van der Waals surface area (Å²) in [4.78, 5) is 12.3. The maximum Gasteiger partial charge on any atom is 0.252 e. The number of benzene rings is 1. The Balaban J connectivity index is 2.01. The highest BCUT2D eigenvalue weighted by molar-refractivity contribution is 6.34. The number of aliphatic hydroxyl groups is 1. The van der Waals surface area contributed by atoms with E-state index in [0.29, 0.717) is 10.6 Å². The third kappa shape index (κ3) is 4.35. The van der Waals surface area contributed by atoms with Gasteiger partial charge in [0.05, 0.1) is 16.2 Å². The summed E-state index contributed by atoms with van der Waals surface area (Å²) in [6, 6.07) is 5.23. The van der Waals surface area contributed by atoms with E-state index in [9.17, 15) is 9.90 Å². The van der Waals surface area contributed by atoms with Crippen molar-refractivity contribution < 1.29 is 9.90 Å². The predicted octanol–water partition coefficient (Wildman–Crippen LogP) is 3.20. The molecule has 21 heavy (non-hydrogen) atoms. The van der Waals surface area contributed by atoms with Crippen LogP contribution in [0.5, 0.6) is 0 Å². The molecule has 1 aromatic rings. The SMILES string of the molecule is CNc1ccc(Cl)c(C(=O)NCC2(O)CCCCCC2)c1. The van der Waals surface area contributed by atoms with E-state index in [0.717, 1.165) is 44.2 Å². The van der Waals surface area contributed by atoms with E-state index in [-0.39, 0.29) is 12.5 Å². The fourth-order valence-electron chi connectivity index (χ4n) is 2.76. The lowest BCUT2D eigenvalue weighted by Gasteiger charge is -2.26. The zero-order chi connectivity index (χ0) is 15.3. The summed E-state index contributed by atoms with van der Waals surface area (Å²) in [5.41, 5.74) is 0.484. The van der Waals surface area contributed by atoms with Gasteiger partial charge in [0.25, 0.3) is 5.91 Å². The van der Waals surface area contributed by atoms with Crippen molar-refractivity contribution in [3.63, 3.8) is 0 Å². The van der Waals surface area contributed by atoms with Gasteiger partial charge in [0.1, 0.15) is 0 Å². The number of carbonyl (C=O) groups is 1. The van der Waals surface area contributed by atoms with Crippen LogP contribution in [-0.4, -0.2) is 30.2 Å². The van der Waals surface area contributed by atoms with Gasteiger partial charge >= 0.3 is 0 Å². The fourth-order valence-corrected chi connectivity index (χ4v) is 2.96. The number of nitrogens with one attached hydrogen (secondary N) is 2. The Labute approximate surface area is 130 Å². The highest BCUT2D eigenvalue weighted by Crippen LogP contribution is 2.27. The van der Waals surface area contributed by atoms with E-state index in [2.05, 4.69) is 10.6 Å². The van der Waals surface area contributed by atoms with Crippen LogP contribution < -0.4 is 10.6 Å². The molecular weight excluding hydrogens is 288 g/mol. The number of anilines is 1.